The summed E-state index contributed by atoms with van der Waals surface area (Å²) < 4.78 is 6.68. The summed E-state index contributed by atoms with van der Waals surface area (Å²) in [5.41, 5.74) is 0. The molecule has 1 unspecified atom stereocenters. The smallest absolute Gasteiger partial charge is 0.306 e. The van der Waals surface area contributed by atoms with Crippen molar-refractivity contribution in [3.8, 4) is 0 Å². The van der Waals surface area contributed by atoms with Crippen molar-refractivity contribution in [2.75, 3.05) is 12.9 Å². The van der Waals surface area contributed by atoms with E-state index in [1.807, 2.05) is 24.3 Å². The standard InChI is InChI=1S/C11H18N2O2S/c1-10(8-11(14)15-2)16-7-3-5-13-6-4-12-9-13/h4,6,9-10H,3,5,7-8H2,1-2H3. The van der Waals surface area contributed by atoms with Gasteiger partial charge in [-0.15, -0.1) is 0 Å². The molecule has 1 aromatic heterocycles. The van der Waals surface area contributed by atoms with Gasteiger partial charge in [0.15, 0.2) is 0 Å². The minimum atomic E-state index is -0.130. The molecular formula is C11H18N2O2S. The lowest BCUT2D eigenvalue weighted by Crippen LogP contribution is -2.09. The van der Waals surface area contributed by atoms with Crippen molar-refractivity contribution < 1.29 is 9.53 Å². The number of aryl methyl sites for hydroxylation is 1. The minimum Gasteiger partial charge on any atom is -0.469 e. The topological polar surface area (TPSA) is 44.1 Å². The Bertz CT molecular complexity index is 301. The molecule has 0 amide bonds. The zero-order chi connectivity index (χ0) is 11.8. The Morgan fingerprint density at radius 1 is 1.62 bits per heavy atom. The van der Waals surface area contributed by atoms with E-state index in [0.29, 0.717) is 11.7 Å². The van der Waals surface area contributed by atoms with Crippen molar-refractivity contribution in [3.05, 3.63) is 18.7 Å². The van der Waals surface area contributed by atoms with Crippen LogP contribution in [0.25, 0.3) is 0 Å². The SMILES string of the molecule is COC(=O)CC(C)SCCCn1ccnc1. The maximum atomic E-state index is 11.0. The van der Waals surface area contributed by atoms with Crippen LogP contribution in [-0.4, -0.2) is 33.6 Å². The van der Waals surface area contributed by atoms with Crippen LogP contribution in [0.5, 0.6) is 0 Å². The molecule has 1 heterocycles. The van der Waals surface area contributed by atoms with Gasteiger partial charge in [-0.25, -0.2) is 4.98 Å². The Hall–Kier alpha value is -0.970. The van der Waals surface area contributed by atoms with Gasteiger partial charge in [0.25, 0.3) is 0 Å². The Balaban J connectivity index is 2.04. The molecule has 1 atom stereocenters. The lowest BCUT2D eigenvalue weighted by molar-refractivity contribution is -0.140. The first-order valence-electron chi connectivity index (χ1n) is 5.36. The third-order valence-corrected chi connectivity index (χ3v) is 3.46. The number of nitrogens with zero attached hydrogens (tertiary/aromatic N) is 2. The average Bonchev–Trinajstić information content (AvgIpc) is 2.77. The molecule has 0 aliphatic rings. The molecule has 1 aromatic rings. The molecule has 0 N–H and O–H groups in total. The van der Waals surface area contributed by atoms with E-state index >= 15 is 0 Å². The average molecular weight is 242 g/mol. The number of ether oxygens (including phenoxy) is 1. The molecule has 0 fully saturated rings. The first kappa shape index (κ1) is 13.1. The first-order valence-corrected chi connectivity index (χ1v) is 6.41. The van der Waals surface area contributed by atoms with E-state index in [9.17, 15) is 4.79 Å². The van der Waals surface area contributed by atoms with Crippen LogP contribution in [0.3, 0.4) is 0 Å². The predicted octanol–water partition coefficient (Wildman–Crippen LogP) is 1.96. The van der Waals surface area contributed by atoms with E-state index in [-0.39, 0.29) is 5.97 Å². The van der Waals surface area contributed by atoms with Crippen LogP contribution in [0.15, 0.2) is 18.7 Å². The maximum absolute atomic E-state index is 11.0. The van der Waals surface area contributed by atoms with Crippen LogP contribution in [0.1, 0.15) is 19.8 Å². The fraction of sp³-hybridized carbons (Fsp3) is 0.636. The zero-order valence-corrected chi connectivity index (χ0v) is 10.6. The molecule has 0 aliphatic heterocycles. The summed E-state index contributed by atoms with van der Waals surface area (Å²) in [6.45, 7) is 3.04. The van der Waals surface area contributed by atoms with Crippen molar-refractivity contribution in [3.63, 3.8) is 0 Å². The molecule has 1 rings (SSSR count). The highest BCUT2D eigenvalue weighted by molar-refractivity contribution is 7.99. The lowest BCUT2D eigenvalue weighted by atomic mass is 10.3. The first-order chi connectivity index (χ1) is 7.72. The number of carbonyl (C=O) groups is 1. The molecule has 0 saturated carbocycles. The molecular weight excluding hydrogens is 224 g/mol. The van der Waals surface area contributed by atoms with E-state index in [1.54, 1.807) is 6.20 Å². The molecule has 0 saturated heterocycles. The number of esters is 1. The number of imidazole rings is 1. The number of hydrogen-bond donors (Lipinski definition) is 0. The van der Waals surface area contributed by atoms with Gasteiger partial charge in [-0.3, -0.25) is 4.79 Å². The second-order valence-corrected chi connectivity index (χ2v) is 5.16. The van der Waals surface area contributed by atoms with Crippen LogP contribution < -0.4 is 0 Å². The molecule has 4 nitrogen and oxygen atoms in total. The zero-order valence-electron chi connectivity index (χ0n) is 9.76. The summed E-state index contributed by atoms with van der Waals surface area (Å²) in [5.74, 6) is 0.922. The Kier molecular flexibility index (Phi) is 6.00. The fourth-order valence-corrected chi connectivity index (χ4v) is 2.28. The van der Waals surface area contributed by atoms with Crippen LogP contribution in [0, 0.1) is 0 Å². The van der Waals surface area contributed by atoms with Crippen molar-refractivity contribution in [2.45, 2.75) is 31.6 Å². The van der Waals surface area contributed by atoms with E-state index in [2.05, 4.69) is 21.2 Å². The number of thioether (sulfide) groups is 1. The van der Waals surface area contributed by atoms with Crippen molar-refractivity contribution >= 4 is 17.7 Å². The Morgan fingerprint density at radius 2 is 2.44 bits per heavy atom. The highest BCUT2D eigenvalue weighted by Crippen LogP contribution is 2.15. The highest BCUT2D eigenvalue weighted by Gasteiger charge is 2.08. The largest absolute Gasteiger partial charge is 0.469 e. The number of hydrogen-bond acceptors (Lipinski definition) is 4. The number of rotatable bonds is 7. The molecule has 0 spiro atoms. The number of carbonyl (C=O) groups excluding carboxylic acids is 1. The van der Waals surface area contributed by atoms with E-state index in [1.165, 1.54) is 7.11 Å². The van der Waals surface area contributed by atoms with Gasteiger partial charge in [0.2, 0.25) is 0 Å². The van der Waals surface area contributed by atoms with Gasteiger partial charge >= 0.3 is 5.97 Å². The molecule has 5 heteroatoms. The van der Waals surface area contributed by atoms with Gasteiger partial charge in [0.05, 0.1) is 19.9 Å². The minimum absolute atomic E-state index is 0.130. The normalized spacial score (nSPS) is 12.4. The molecule has 90 valence electrons. The Morgan fingerprint density at radius 3 is 3.06 bits per heavy atom. The van der Waals surface area contributed by atoms with Gasteiger partial charge in [-0.2, -0.15) is 11.8 Å². The molecule has 0 aromatic carbocycles. The predicted molar refractivity (Wildman–Crippen MR) is 65.4 cm³/mol. The second kappa shape index (κ2) is 7.33. The summed E-state index contributed by atoms with van der Waals surface area (Å²) in [4.78, 5) is 15.0. The van der Waals surface area contributed by atoms with Gasteiger partial charge in [-0.1, -0.05) is 6.92 Å². The third-order valence-electron chi connectivity index (χ3n) is 2.20. The summed E-state index contributed by atoms with van der Waals surface area (Å²) in [7, 11) is 1.43. The maximum Gasteiger partial charge on any atom is 0.306 e. The van der Waals surface area contributed by atoms with Crippen molar-refractivity contribution in [1.82, 2.24) is 9.55 Å². The van der Waals surface area contributed by atoms with Crippen LogP contribution >= 0.6 is 11.8 Å². The van der Waals surface area contributed by atoms with Crippen LogP contribution in [0.4, 0.5) is 0 Å². The van der Waals surface area contributed by atoms with Gasteiger partial charge in [-0.05, 0) is 12.2 Å². The lowest BCUT2D eigenvalue weighted by Gasteiger charge is -2.09. The number of methoxy groups -OCH3 is 1. The van der Waals surface area contributed by atoms with Crippen molar-refractivity contribution in [2.24, 2.45) is 0 Å². The van der Waals surface area contributed by atoms with Crippen molar-refractivity contribution in [1.29, 1.82) is 0 Å². The summed E-state index contributed by atoms with van der Waals surface area (Å²) in [6.07, 6.45) is 7.15. The van der Waals surface area contributed by atoms with E-state index in [4.69, 9.17) is 0 Å². The van der Waals surface area contributed by atoms with Gasteiger partial charge in [0, 0.05) is 24.2 Å². The summed E-state index contributed by atoms with van der Waals surface area (Å²) >= 11 is 1.81. The van der Waals surface area contributed by atoms with Gasteiger partial charge < -0.3 is 9.30 Å². The third kappa shape index (κ3) is 5.21. The summed E-state index contributed by atoms with van der Waals surface area (Å²) in [6, 6.07) is 0. The van der Waals surface area contributed by atoms with E-state index in [0.717, 1.165) is 18.7 Å². The molecule has 0 aliphatic carbocycles. The second-order valence-electron chi connectivity index (χ2n) is 3.62. The molecule has 0 radical (unpaired) electrons. The Labute approximate surface area is 100 Å². The van der Waals surface area contributed by atoms with Crippen LogP contribution in [-0.2, 0) is 16.1 Å². The van der Waals surface area contributed by atoms with Crippen LogP contribution in [0.2, 0.25) is 0 Å². The summed E-state index contributed by atoms with van der Waals surface area (Å²) in [5, 5.41) is 0.329. The van der Waals surface area contributed by atoms with Gasteiger partial charge in [0.1, 0.15) is 0 Å². The monoisotopic (exact) mass is 242 g/mol. The number of aromatic nitrogens is 2. The molecule has 0 bridgehead atoms. The quantitative estimate of drug-likeness (QED) is 0.541. The fourth-order valence-electron chi connectivity index (χ4n) is 1.33. The van der Waals surface area contributed by atoms with E-state index < -0.39 is 0 Å². The molecule has 16 heavy (non-hydrogen) atoms. The highest BCUT2D eigenvalue weighted by atomic mass is 32.2.